The third-order valence-corrected chi connectivity index (χ3v) is 2.80. The average molecular weight is 187 g/mol. The van der Waals surface area contributed by atoms with E-state index in [-0.39, 0.29) is 0 Å². The molecule has 0 amide bonds. The Hall–Kier alpha value is -0.110. The number of hydrogen-bond acceptors (Lipinski definition) is 1. The molecule has 2 heteroatoms. The largest absolute Gasteiger partial charge is 0.300 e. The molecule has 0 saturated carbocycles. The van der Waals surface area contributed by atoms with Crippen molar-refractivity contribution in [3.8, 4) is 0 Å². The molecule has 0 bridgehead atoms. The van der Waals surface area contributed by atoms with Crippen LogP contribution in [0, 0.1) is 5.92 Å². The Bertz CT molecular complexity index is 124. The minimum Gasteiger partial charge on any atom is -0.300 e. The van der Waals surface area contributed by atoms with E-state index in [4.69, 9.17) is 0 Å². The van der Waals surface area contributed by atoms with Crippen molar-refractivity contribution in [1.29, 1.82) is 0 Å². The molecule has 1 saturated heterocycles. The van der Waals surface area contributed by atoms with Gasteiger partial charge in [-0.1, -0.05) is 20.3 Å². The van der Waals surface area contributed by atoms with E-state index in [0.717, 1.165) is 25.9 Å². The fraction of sp³-hybridized carbons (Fsp3) is 1.00. The van der Waals surface area contributed by atoms with Crippen LogP contribution >= 0.6 is 0 Å². The van der Waals surface area contributed by atoms with Crippen molar-refractivity contribution in [2.75, 3.05) is 19.6 Å². The normalized spacial score (nSPS) is 30.7. The summed E-state index contributed by atoms with van der Waals surface area (Å²) in [6.45, 7) is 7.22. The van der Waals surface area contributed by atoms with Gasteiger partial charge in [0.15, 0.2) is 0 Å². The summed E-state index contributed by atoms with van der Waals surface area (Å²) in [5, 5.41) is 0. The first-order chi connectivity index (χ1) is 6.26. The van der Waals surface area contributed by atoms with Crippen LogP contribution in [-0.2, 0) is 0 Å². The Morgan fingerprint density at radius 1 is 1.23 bits per heavy atom. The number of alkyl halides is 1. The van der Waals surface area contributed by atoms with Gasteiger partial charge in [-0.15, -0.1) is 0 Å². The number of halogens is 1. The van der Waals surface area contributed by atoms with Gasteiger partial charge in [0.05, 0.1) is 0 Å². The van der Waals surface area contributed by atoms with Crippen molar-refractivity contribution in [1.82, 2.24) is 4.90 Å². The van der Waals surface area contributed by atoms with Crippen LogP contribution in [0.1, 0.15) is 39.5 Å². The van der Waals surface area contributed by atoms with Gasteiger partial charge in [0, 0.05) is 13.1 Å². The molecule has 1 aliphatic rings. The van der Waals surface area contributed by atoms with E-state index < -0.39 is 6.17 Å². The molecule has 1 rings (SSSR count). The van der Waals surface area contributed by atoms with Crippen LogP contribution in [0.5, 0.6) is 0 Å². The lowest BCUT2D eigenvalue weighted by Gasteiger charge is -2.34. The molecule has 1 heterocycles. The van der Waals surface area contributed by atoms with Crippen LogP contribution in [0.15, 0.2) is 0 Å². The molecule has 0 aromatic rings. The van der Waals surface area contributed by atoms with Crippen LogP contribution < -0.4 is 0 Å². The predicted octanol–water partition coefficient (Wildman–Crippen LogP) is 2.86. The third-order valence-electron chi connectivity index (χ3n) is 2.80. The van der Waals surface area contributed by atoms with Crippen molar-refractivity contribution >= 4 is 0 Å². The zero-order chi connectivity index (χ0) is 9.68. The van der Waals surface area contributed by atoms with Crippen molar-refractivity contribution in [2.24, 2.45) is 5.92 Å². The first-order valence-electron chi connectivity index (χ1n) is 5.62. The first kappa shape index (κ1) is 11.0. The lowest BCUT2D eigenvalue weighted by molar-refractivity contribution is 0.0922. The highest BCUT2D eigenvalue weighted by Gasteiger charge is 2.25. The van der Waals surface area contributed by atoms with Gasteiger partial charge in [-0.25, -0.2) is 4.39 Å². The molecule has 78 valence electrons. The van der Waals surface area contributed by atoms with Gasteiger partial charge in [0.2, 0.25) is 0 Å². The van der Waals surface area contributed by atoms with Gasteiger partial charge in [-0.2, -0.15) is 0 Å². The van der Waals surface area contributed by atoms with Gasteiger partial charge in [0.1, 0.15) is 6.17 Å². The molecule has 1 nitrogen and oxygen atoms in total. The van der Waals surface area contributed by atoms with Gasteiger partial charge in [0.25, 0.3) is 0 Å². The number of piperidine rings is 1. The predicted molar refractivity (Wildman–Crippen MR) is 54.6 cm³/mol. The number of rotatable bonds is 4. The molecule has 0 N–H and O–H groups in total. The fourth-order valence-corrected chi connectivity index (χ4v) is 2.35. The summed E-state index contributed by atoms with van der Waals surface area (Å²) < 4.78 is 13.3. The van der Waals surface area contributed by atoms with Gasteiger partial charge >= 0.3 is 0 Å². The van der Waals surface area contributed by atoms with E-state index >= 15 is 0 Å². The highest BCUT2D eigenvalue weighted by Crippen LogP contribution is 2.23. The van der Waals surface area contributed by atoms with E-state index in [1.807, 2.05) is 0 Å². The molecule has 0 aromatic heterocycles. The summed E-state index contributed by atoms with van der Waals surface area (Å²) in [6, 6.07) is 0. The Balaban J connectivity index is 2.33. The van der Waals surface area contributed by atoms with Crippen LogP contribution in [-0.4, -0.2) is 30.7 Å². The maximum Gasteiger partial charge on any atom is 0.113 e. The lowest BCUT2D eigenvalue weighted by Crippen LogP contribution is -2.41. The second kappa shape index (κ2) is 5.58. The molecule has 13 heavy (non-hydrogen) atoms. The van der Waals surface area contributed by atoms with E-state index in [0.29, 0.717) is 12.5 Å². The van der Waals surface area contributed by atoms with E-state index in [2.05, 4.69) is 18.7 Å². The smallest absolute Gasteiger partial charge is 0.113 e. The molecule has 0 aromatic carbocycles. The third kappa shape index (κ3) is 3.63. The summed E-state index contributed by atoms with van der Waals surface area (Å²) in [4.78, 5) is 2.29. The van der Waals surface area contributed by atoms with Crippen LogP contribution in [0.4, 0.5) is 4.39 Å². The van der Waals surface area contributed by atoms with Gasteiger partial charge < -0.3 is 4.90 Å². The van der Waals surface area contributed by atoms with Crippen LogP contribution in [0.25, 0.3) is 0 Å². The molecule has 0 radical (unpaired) electrons. The summed E-state index contributed by atoms with van der Waals surface area (Å²) in [6.07, 6.45) is 3.76. The molecular formula is C11H22FN. The highest BCUT2D eigenvalue weighted by atomic mass is 19.1. The number of nitrogens with zero attached hydrogens (tertiary/aromatic N) is 1. The van der Waals surface area contributed by atoms with E-state index in [1.165, 1.54) is 12.8 Å². The molecule has 2 atom stereocenters. The van der Waals surface area contributed by atoms with Crippen molar-refractivity contribution in [2.45, 2.75) is 45.7 Å². The molecular weight excluding hydrogens is 165 g/mol. The van der Waals surface area contributed by atoms with Crippen molar-refractivity contribution < 1.29 is 4.39 Å². The summed E-state index contributed by atoms with van der Waals surface area (Å²) in [7, 11) is 0. The summed E-state index contributed by atoms with van der Waals surface area (Å²) >= 11 is 0. The lowest BCUT2D eigenvalue weighted by atomic mass is 9.92. The Kier molecular flexibility index (Phi) is 4.71. The zero-order valence-electron chi connectivity index (χ0n) is 8.93. The Morgan fingerprint density at radius 2 is 2.00 bits per heavy atom. The van der Waals surface area contributed by atoms with E-state index in [9.17, 15) is 4.39 Å². The van der Waals surface area contributed by atoms with Gasteiger partial charge in [-0.3, -0.25) is 0 Å². The second-order valence-corrected chi connectivity index (χ2v) is 4.25. The molecule has 1 fully saturated rings. The molecule has 0 aliphatic carbocycles. The monoisotopic (exact) mass is 187 g/mol. The van der Waals surface area contributed by atoms with E-state index in [1.54, 1.807) is 0 Å². The number of hydrogen-bond donors (Lipinski definition) is 0. The first-order valence-corrected chi connectivity index (χ1v) is 5.62. The topological polar surface area (TPSA) is 3.24 Å². The Labute approximate surface area is 81.3 Å². The fourth-order valence-electron chi connectivity index (χ4n) is 2.35. The molecule has 0 spiro atoms. The number of likely N-dealkylation sites (tertiary alicyclic amines) is 1. The molecule has 1 aliphatic heterocycles. The average Bonchev–Trinajstić information content (AvgIpc) is 2.04. The molecule has 2 unspecified atom stereocenters. The minimum atomic E-state index is -0.572. The van der Waals surface area contributed by atoms with Crippen molar-refractivity contribution in [3.63, 3.8) is 0 Å². The highest BCUT2D eigenvalue weighted by molar-refractivity contribution is 4.78. The maximum absolute atomic E-state index is 13.3. The van der Waals surface area contributed by atoms with Crippen molar-refractivity contribution in [3.05, 3.63) is 0 Å². The standard InChI is InChI=1S/C11H22FN/c1-3-5-10-7-11(12)9-13(8-10)6-4-2/h10-11H,3-9H2,1-2H3. The second-order valence-electron chi connectivity index (χ2n) is 4.25. The zero-order valence-corrected chi connectivity index (χ0v) is 8.93. The Morgan fingerprint density at radius 3 is 2.62 bits per heavy atom. The quantitative estimate of drug-likeness (QED) is 0.654. The summed E-state index contributed by atoms with van der Waals surface area (Å²) in [5.41, 5.74) is 0. The maximum atomic E-state index is 13.3. The van der Waals surface area contributed by atoms with Crippen LogP contribution in [0.2, 0.25) is 0 Å². The minimum absolute atomic E-state index is 0.572. The SMILES string of the molecule is CCCC1CC(F)CN(CCC)C1. The van der Waals surface area contributed by atoms with Gasteiger partial charge in [-0.05, 0) is 31.7 Å². The summed E-state index contributed by atoms with van der Waals surface area (Å²) in [5.74, 6) is 0.611. The van der Waals surface area contributed by atoms with Crippen LogP contribution in [0.3, 0.4) is 0 Å².